The summed E-state index contributed by atoms with van der Waals surface area (Å²) in [5.74, 6) is 0. The molecule has 0 N–H and O–H groups in total. The molecule has 1 saturated heterocycles. The van der Waals surface area contributed by atoms with Crippen molar-refractivity contribution in [3.8, 4) is 0 Å². The van der Waals surface area contributed by atoms with E-state index in [9.17, 15) is 4.79 Å². The molecule has 1 amide bonds. The quantitative estimate of drug-likeness (QED) is 0.583. The molecule has 5 nitrogen and oxygen atoms in total. The van der Waals surface area contributed by atoms with E-state index in [0.29, 0.717) is 6.61 Å². The molecule has 128 valence electrons. The lowest BCUT2D eigenvalue weighted by Gasteiger charge is -2.28. The highest BCUT2D eigenvalue weighted by molar-refractivity contribution is 5.79. The van der Waals surface area contributed by atoms with Crippen LogP contribution in [0.4, 0.5) is 4.79 Å². The van der Waals surface area contributed by atoms with Gasteiger partial charge in [-0.2, -0.15) is 5.01 Å². The first-order valence-electron chi connectivity index (χ1n) is 8.18. The summed E-state index contributed by atoms with van der Waals surface area (Å²) >= 11 is 0. The van der Waals surface area contributed by atoms with Crippen molar-refractivity contribution in [1.29, 1.82) is 0 Å². The molecule has 1 aliphatic heterocycles. The van der Waals surface area contributed by atoms with E-state index in [-0.39, 0.29) is 35.2 Å². The van der Waals surface area contributed by atoms with Gasteiger partial charge in [-0.25, -0.2) is 9.80 Å². The number of nitrogens with zero attached hydrogens (tertiary/aromatic N) is 3. The van der Waals surface area contributed by atoms with Crippen molar-refractivity contribution in [3.05, 3.63) is 0 Å². The molecule has 0 aliphatic carbocycles. The van der Waals surface area contributed by atoms with Crippen LogP contribution in [-0.2, 0) is 4.74 Å². The van der Waals surface area contributed by atoms with Crippen LogP contribution in [0.15, 0.2) is 4.99 Å². The molecule has 4 unspecified atom stereocenters. The first kappa shape index (κ1) is 18.9. The lowest BCUT2D eigenvalue weighted by molar-refractivity contribution is 0.0955. The molecule has 1 aliphatic rings. The maximum Gasteiger partial charge on any atom is 0.426 e. The third-order valence-corrected chi connectivity index (χ3v) is 4.52. The van der Waals surface area contributed by atoms with E-state index < -0.39 is 0 Å². The van der Waals surface area contributed by atoms with E-state index in [0.717, 1.165) is 0 Å². The minimum atomic E-state index is -0.293. The van der Waals surface area contributed by atoms with Gasteiger partial charge in [0.05, 0.1) is 12.6 Å². The van der Waals surface area contributed by atoms with E-state index in [1.54, 1.807) is 5.01 Å². The maximum atomic E-state index is 12.1. The van der Waals surface area contributed by atoms with Gasteiger partial charge in [-0.15, -0.1) is 0 Å². The molecule has 0 aromatic carbocycles. The normalized spacial score (nSPS) is 25.2. The van der Waals surface area contributed by atoms with Crippen molar-refractivity contribution >= 4 is 12.3 Å². The first-order chi connectivity index (χ1) is 9.91. The van der Waals surface area contributed by atoms with Crippen LogP contribution in [0.5, 0.6) is 0 Å². The van der Waals surface area contributed by atoms with E-state index in [1.807, 2.05) is 13.1 Å². The zero-order valence-electron chi connectivity index (χ0n) is 15.7. The molecule has 0 spiro atoms. The number of amides is 1. The summed E-state index contributed by atoms with van der Waals surface area (Å²) in [6.07, 6.45) is 1.49. The van der Waals surface area contributed by atoms with E-state index in [4.69, 9.17) is 4.74 Å². The van der Waals surface area contributed by atoms with Gasteiger partial charge in [-0.05, 0) is 31.6 Å². The standard InChI is InChI=1S/C17H33N3O2/c1-10-22-15(21)20-14(11-18-12(2)16(4,5)6)19(20)13(3)17(7,8)9/h11-14H,10H2,1-9H3. The third kappa shape index (κ3) is 4.45. The van der Waals surface area contributed by atoms with Crippen LogP contribution >= 0.6 is 0 Å². The highest BCUT2D eigenvalue weighted by Crippen LogP contribution is 2.37. The number of hydrogen-bond acceptors (Lipinski definition) is 4. The van der Waals surface area contributed by atoms with Crippen LogP contribution in [0.2, 0.25) is 0 Å². The predicted molar refractivity (Wildman–Crippen MR) is 90.8 cm³/mol. The molecule has 4 atom stereocenters. The second kappa shape index (κ2) is 6.57. The topological polar surface area (TPSA) is 44.7 Å². The third-order valence-electron chi connectivity index (χ3n) is 4.52. The molecule has 1 fully saturated rings. The number of ether oxygens (including phenoxy) is 1. The predicted octanol–water partition coefficient (Wildman–Crippen LogP) is 3.94. The Morgan fingerprint density at radius 3 is 2.14 bits per heavy atom. The Kier molecular flexibility index (Phi) is 5.66. The van der Waals surface area contributed by atoms with Crippen LogP contribution in [0.1, 0.15) is 62.3 Å². The number of carbonyl (C=O) groups excluding carboxylic acids is 1. The van der Waals surface area contributed by atoms with Crippen molar-refractivity contribution < 1.29 is 9.53 Å². The first-order valence-corrected chi connectivity index (χ1v) is 8.18. The van der Waals surface area contributed by atoms with Crippen molar-refractivity contribution in [2.75, 3.05) is 6.61 Å². The Labute approximate surface area is 135 Å². The van der Waals surface area contributed by atoms with E-state index in [2.05, 4.69) is 65.4 Å². The summed E-state index contributed by atoms with van der Waals surface area (Å²) in [7, 11) is 0. The van der Waals surface area contributed by atoms with Gasteiger partial charge in [-0.3, -0.25) is 4.99 Å². The number of rotatable bonds is 4. The lowest BCUT2D eigenvalue weighted by Crippen LogP contribution is -2.34. The molecule has 5 heteroatoms. The highest BCUT2D eigenvalue weighted by Gasteiger charge is 2.54. The van der Waals surface area contributed by atoms with Crippen LogP contribution in [0.25, 0.3) is 0 Å². The summed E-state index contributed by atoms with van der Waals surface area (Å²) in [4.78, 5) is 16.7. The Morgan fingerprint density at radius 1 is 1.18 bits per heavy atom. The van der Waals surface area contributed by atoms with Gasteiger partial charge in [0.15, 0.2) is 6.17 Å². The molecule has 1 rings (SSSR count). The number of aliphatic imine (C=N–C) groups is 1. The Morgan fingerprint density at radius 2 is 1.73 bits per heavy atom. The minimum Gasteiger partial charge on any atom is -0.449 e. The Bertz CT molecular complexity index is 421. The maximum absolute atomic E-state index is 12.1. The van der Waals surface area contributed by atoms with Crippen molar-refractivity contribution in [1.82, 2.24) is 10.0 Å². The van der Waals surface area contributed by atoms with Gasteiger partial charge in [-0.1, -0.05) is 41.5 Å². The zero-order valence-corrected chi connectivity index (χ0v) is 15.7. The van der Waals surface area contributed by atoms with Gasteiger partial charge in [0.1, 0.15) is 0 Å². The molecule has 0 bridgehead atoms. The van der Waals surface area contributed by atoms with Crippen LogP contribution in [0.3, 0.4) is 0 Å². The number of carbonyl (C=O) groups is 1. The summed E-state index contributed by atoms with van der Waals surface area (Å²) < 4.78 is 5.15. The SMILES string of the molecule is CCOC(=O)N1C(C=NC(C)C(C)(C)C)N1C(C)C(C)(C)C. The van der Waals surface area contributed by atoms with Gasteiger partial charge in [0.25, 0.3) is 0 Å². The molecule has 22 heavy (non-hydrogen) atoms. The fraction of sp³-hybridized carbons (Fsp3) is 0.882. The Balaban J connectivity index is 2.86. The van der Waals surface area contributed by atoms with Gasteiger partial charge < -0.3 is 4.74 Å². The molecule has 1 heterocycles. The second-order valence-electron chi connectivity index (χ2n) is 8.22. The van der Waals surface area contributed by atoms with Crippen molar-refractivity contribution in [3.63, 3.8) is 0 Å². The average Bonchev–Trinajstić information content (AvgIpc) is 3.06. The fourth-order valence-electron chi connectivity index (χ4n) is 1.96. The van der Waals surface area contributed by atoms with E-state index in [1.165, 1.54) is 0 Å². The summed E-state index contributed by atoms with van der Waals surface area (Å²) in [5, 5.41) is 3.72. The molecular formula is C17H33N3O2. The Hall–Kier alpha value is -1.10. The van der Waals surface area contributed by atoms with Crippen molar-refractivity contribution in [2.45, 2.75) is 80.6 Å². The van der Waals surface area contributed by atoms with E-state index >= 15 is 0 Å². The molecule has 0 aromatic heterocycles. The molecule has 0 radical (unpaired) electrons. The average molecular weight is 311 g/mol. The largest absolute Gasteiger partial charge is 0.449 e. The van der Waals surface area contributed by atoms with Crippen molar-refractivity contribution in [2.24, 2.45) is 15.8 Å². The van der Waals surface area contributed by atoms with Gasteiger partial charge in [0, 0.05) is 12.3 Å². The fourth-order valence-corrected chi connectivity index (χ4v) is 1.96. The summed E-state index contributed by atoms with van der Waals surface area (Å²) in [5.41, 5.74) is 0.184. The van der Waals surface area contributed by atoms with Crippen LogP contribution in [-0.4, -0.2) is 47.2 Å². The molecule has 0 aromatic rings. The monoisotopic (exact) mass is 311 g/mol. The molecule has 0 saturated carbocycles. The van der Waals surface area contributed by atoms with Crippen LogP contribution in [0, 0.1) is 10.8 Å². The molecular weight excluding hydrogens is 278 g/mol. The van der Waals surface area contributed by atoms with Gasteiger partial charge in [0.2, 0.25) is 0 Å². The summed E-state index contributed by atoms with van der Waals surface area (Å²) in [6, 6.07) is 0.419. The van der Waals surface area contributed by atoms with Gasteiger partial charge >= 0.3 is 6.09 Å². The zero-order chi connectivity index (χ0) is 17.3. The second-order valence-corrected chi connectivity index (χ2v) is 8.22. The smallest absolute Gasteiger partial charge is 0.426 e. The summed E-state index contributed by atoms with van der Waals surface area (Å²) in [6.45, 7) is 19.5. The lowest BCUT2D eigenvalue weighted by atomic mass is 9.88. The highest BCUT2D eigenvalue weighted by atomic mass is 16.6. The minimum absolute atomic E-state index is 0.0724. The number of hydrazine groups is 1. The number of hydrogen-bond donors (Lipinski definition) is 0. The van der Waals surface area contributed by atoms with Crippen LogP contribution < -0.4 is 0 Å².